The third kappa shape index (κ3) is 1.99. The molecule has 1 heterocycles. The maximum absolute atomic E-state index is 10.9. The summed E-state index contributed by atoms with van der Waals surface area (Å²) in [7, 11) is 0. The zero-order valence-corrected chi connectivity index (χ0v) is 12.6. The highest BCUT2D eigenvalue weighted by molar-refractivity contribution is 5.63. The smallest absolute Gasteiger partial charge is 1.00 e. The van der Waals surface area contributed by atoms with E-state index < -0.39 is 11.5 Å². The Balaban J connectivity index is 0.00000104. The molecular weight excluding hydrogens is 324 g/mol. The predicted octanol–water partition coefficient (Wildman–Crippen LogP) is -1.56. The zero-order valence-electron chi connectivity index (χ0n) is 12.8. The van der Waals surface area contributed by atoms with E-state index in [0.717, 1.165) is 0 Å². The first-order valence-corrected chi connectivity index (χ1v) is 6.85. The van der Waals surface area contributed by atoms with E-state index in [4.69, 9.17) is 4.74 Å². The first kappa shape index (κ1) is 15.6. The Morgan fingerprint density at radius 1 is 1.00 bits per heavy atom. The van der Waals surface area contributed by atoms with Gasteiger partial charge in [0.05, 0.1) is 0 Å². The van der Waals surface area contributed by atoms with E-state index >= 15 is 0 Å². The Morgan fingerprint density at radius 3 is 2.43 bits per heavy atom. The summed E-state index contributed by atoms with van der Waals surface area (Å²) < 4.78 is 5.46. The van der Waals surface area contributed by atoms with Crippen LogP contribution in [0.2, 0.25) is 0 Å². The molecule has 0 aromatic heterocycles. The summed E-state index contributed by atoms with van der Waals surface area (Å²) in [5.41, 5.74) is 0.700. The molecule has 6 nitrogen and oxygen atoms in total. The van der Waals surface area contributed by atoms with Crippen molar-refractivity contribution in [1.29, 1.82) is 0 Å². The second-order valence-electron chi connectivity index (χ2n) is 5.89. The molecule has 0 saturated heterocycles. The van der Waals surface area contributed by atoms with Crippen LogP contribution in [0.25, 0.3) is 0 Å². The molecule has 1 aliphatic heterocycles. The number of benzene rings is 2. The lowest BCUT2D eigenvalue weighted by Gasteiger charge is -2.36. The van der Waals surface area contributed by atoms with Crippen molar-refractivity contribution in [2.24, 2.45) is 0 Å². The molecule has 122 valence electrons. The molecular formula is C16H15ClO6. The van der Waals surface area contributed by atoms with E-state index in [1.165, 1.54) is 18.2 Å². The van der Waals surface area contributed by atoms with Gasteiger partial charge in [-0.15, -0.1) is 0 Å². The lowest BCUT2D eigenvalue weighted by molar-refractivity contribution is -0.0228. The van der Waals surface area contributed by atoms with Gasteiger partial charge in [0.15, 0.2) is 23.0 Å². The van der Waals surface area contributed by atoms with Gasteiger partial charge in [-0.25, -0.2) is 0 Å². The minimum Gasteiger partial charge on any atom is -1.00 e. The van der Waals surface area contributed by atoms with Crippen LogP contribution in [-0.4, -0.2) is 37.7 Å². The van der Waals surface area contributed by atoms with Gasteiger partial charge in [0.25, 0.3) is 0 Å². The first-order valence-electron chi connectivity index (χ1n) is 6.85. The van der Waals surface area contributed by atoms with E-state index in [2.05, 4.69) is 0 Å². The third-order valence-corrected chi connectivity index (χ3v) is 4.50. The number of hydrogen-bond donors (Lipinski definition) is 5. The van der Waals surface area contributed by atoms with Gasteiger partial charge in [0.2, 0.25) is 5.75 Å². The molecule has 1 aliphatic carbocycles. The van der Waals surface area contributed by atoms with Gasteiger partial charge < -0.3 is 42.7 Å². The Bertz CT molecular complexity index is 812. The van der Waals surface area contributed by atoms with Crippen LogP contribution in [0, 0.1) is 0 Å². The monoisotopic (exact) mass is 338 g/mol. The fourth-order valence-corrected chi connectivity index (χ4v) is 3.52. The maximum Gasteiger partial charge on any atom is 1.00 e. The molecule has 5 N–H and O–H groups in total. The molecule has 0 spiro atoms. The molecule has 2 aromatic carbocycles. The van der Waals surface area contributed by atoms with Crippen LogP contribution in [0.15, 0.2) is 24.3 Å². The van der Waals surface area contributed by atoms with Gasteiger partial charge in [-0.1, -0.05) is 6.07 Å². The van der Waals surface area contributed by atoms with Crippen molar-refractivity contribution in [2.75, 3.05) is 6.61 Å². The third-order valence-electron chi connectivity index (χ3n) is 4.50. The standard InChI is InChI=1S/C16H14O6.ClH/c17-10-2-1-8-13-9-4-12(19)11(18)3-7(9)5-16(13,21)6-22-15(8)14(10)20;/h1-4,13,17-21H,5-6H2;1H/t13-,16+;/m0./s1. The second kappa shape index (κ2) is 4.84. The Morgan fingerprint density at radius 2 is 1.70 bits per heavy atom. The zero-order chi connectivity index (χ0) is 15.6. The minimum absolute atomic E-state index is 0. The second-order valence-corrected chi connectivity index (χ2v) is 5.89. The number of halogens is 1. The number of hydrogen-bond acceptors (Lipinski definition) is 6. The maximum atomic E-state index is 10.9. The average Bonchev–Trinajstić information content (AvgIpc) is 2.75. The summed E-state index contributed by atoms with van der Waals surface area (Å²) in [6.07, 6.45) is 0.266. The number of aliphatic hydroxyl groups is 1. The van der Waals surface area contributed by atoms with E-state index in [-0.39, 0.29) is 55.6 Å². The van der Waals surface area contributed by atoms with Crippen LogP contribution >= 0.6 is 0 Å². The summed E-state index contributed by atoms with van der Waals surface area (Å²) in [5, 5.41) is 49.8. The van der Waals surface area contributed by atoms with Crippen LogP contribution in [-0.2, 0) is 6.42 Å². The van der Waals surface area contributed by atoms with E-state index in [1.54, 1.807) is 6.07 Å². The first-order chi connectivity index (χ1) is 10.4. The van der Waals surface area contributed by atoms with Crippen molar-refractivity contribution in [3.8, 4) is 28.7 Å². The lowest BCUT2D eigenvalue weighted by atomic mass is 9.80. The van der Waals surface area contributed by atoms with Gasteiger partial charge in [0, 0.05) is 17.9 Å². The molecule has 7 heteroatoms. The van der Waals surface area contributed by atoms with Crippen molar-refractivity contribution in [1.82, 2.24) is 0 Å². The van der Waals surface area contributed by atoms with Gasteiger partial charge in [-0.3, -0.25) is 0 Å². The van der Waals surface area contributed by atoms with Crippen LogP contribution < -0.4 is 17.1 Å². The number of fused-ring (bicyclic) bond motifs is 5. The topological polar surface area (TPSA) is 110 Å². The van der Waals surface area contributed by atoms with Crippen molar-refractivity contribution in [2.45, 2.75) is 17.9 Å². The van der Waals surface area contributed by atoms with Gasteiger partial charge in [0.1, 0.15) is 12.2 Å². The van der Waals surface area contributed by atoms with Gasteiger partial charge >= 0.3 is 1.43 Å². The normalized spacial score (nSPS) is 24.0. The summed E-state index contributed by atoms with van der Waals surface area (Å²) in [5.74, 6) is -1.54. The van der Waals surface area contributed by atoms with Gasteiger partial charge in [-0.2, -0.15) is 0 Å². The van der Waals surface area contributed by atoms with Crippen LogP contribution in [0.4, 0.5) is 0 Å². The molecule has 0 bridgehead atoms. The highest BCUT2D eigenvalue weighted by atomic mass is 35.5. The van der Waals surface area contributed by atoms with Gasteiger partial charge in [-0.05, 0) is 29.3 Å². The van der Waals surface area contributed by atoms with Crippen LogP contribution in [0.5, 0.6) is 28.7 Å². The number of phenolic OH excluding ortho intramolecular Hbond substituents is 4. The summed E-state index contributed by atoms with van der Waals surface area (Å²) in [6, 6.07) is 5.77. The molecule has 0 radical (unpaired) electrons. The predicted molar refractivity (Wildman–Crippen MR) is 76.6 cm³/mol. The van der Waals surface area contributed by atoms with E-state index in [9.17, 15) is 25.5 Å². The molecule has 0 fully saturated rings. The molecule has 2 atom stereocenters. The van der Waals surface area contributed by atoms with Crippen LogP contribution in [0.1, 0.15) is 24.0 Å². The molecule has 23 heavy (non-hydrogen) atoms. The fourth-order valence-electron chi connectivity index (χ4n) is 3.52. The van der Waals surface area contributed by atoms with Crippen molar-refractivity contribution in [3.63, 3.8) is 0 Å². The highest BCUT2D eigenvalue weighted by Crippen LogP contribution is 2.55. The largest absolute Gasteiger partial charge is 1.00 e. The molecule has 0 unspecified atom stereocenters. The van der Waals surface area contributed by atoms with E-state index in [0.29, 0.717) is 16.7 Å². The van der Waals surface area contributed by atoms with Crippen molar-refractivity contribution < 1.29 is 44.1 Å². The molecule has 0 amide bonds. The quantitative estimate of drug-likeness (QED) is 0.372. The molecule has 4 rings (SSSR count). The average molecular weight is 339 g/mol. The summed E-state index contributed by atoms with van der Waals surface area (Å²) >= 11 is 0. The molecule has 2 aliphatic rings. The number of rotatable bonds is 0. The molecule has 2 aromatic rings. The highest BCUT2D eigenvalue weighted by Gasteiger charge is 2.51. The summed E-state index contributed by atoms with van der Waals surface area (Å²) in [4.78, 5) is 0. The molecule has 0 saturated carbocycles. The number of phenols is 4. The Hall–Kier alpha value is -2.31. The van der Waals surface area contributed by atoms with Crippen LogP contribution in [0.3, 0.4) is 0 Å². The lowest BCUT2D eigenvalue weighted by Crippen LogP contribution is -3.00. The Kier molecular flexibility index (Phi) is 3.28. The number of aromatic hydroxyl groups is 4. The summed E-state index contributed by atoms with van der Waals surface area (Å²) in [6.45, 7) is -0.0577. The minimum atomic E-state index is -1.22. The SMILES string of the molecule is Oc1cc2c(cc1O)[C@@H]1c3ccc(O)c(O)c3OC[C@]1(O)C2.[Cl-].[H+]. The van der Waals surface area contributed by atoms with E-state index in [1.807, 2.05) is 0 Å². The Labute approximate surface area is 139 Å². The van der Waals surface area contributed by atoms with Crippen molar-refractivity contribution >= 4 is 0 Å². The fraction of sp³-hybridized carbons (Fsp3) is 0.250. The number of ether oxygens (including phenoxy) is 1. The van der Waals surface area contributed by atoms with Crippen molar-refractivity contribution in [3.05, 3.63) is 41.0 Å².